The number of aliphatic hydroxyl groups excluding tert-OH is 1. The third-order valence-corrected chi connectivity index (χ3v) is 2.48. The van der Waals surface area contributed by atoms with Crippen LogP contribution in [0.4, 0.5) is 0 Å². The molecule has 5 heteroatoms. The zero-order chi connectivity index (χ0) is 12.3. The molecule has 2 rings (SSSR count). The highest BCUT2D eigenvalue weighted by Gasteiger charge is 2.22. The third-order valence-electron chi connectivity index (χ3n) is 2.48. The summed E-state index contributed by atoms with van der Waals surface area (Å²) in [6, 6.07) is 5.15. The van der Waals surface area contributed by atoms with Crippen LogP contribution in [-0.2, 0) is 4.79 Å². The number of carbonyl (C=O) groups excluding carboxylic acids is 1. The maximum Gasteiger partial charge on any atom is 0.257 e. The minimum Gasteiger partial charge on any atom is -0.490 e. The molecule has 92 valence electrons. The number of carbonyl (C=O) groups is 1. The van der Waals surface area contributed by atoms with Gasteiger partial charge < -0.3 is 19.9 Å². The van der Waals surface area contributed by atoms with Crippen LogP contribution in [0.25, 0.3) is 0 Å². The number of rotatable bonds is 4. The van der Waals surface area contributed by atoms with Gasteiger partial charge in [0, 0.05) is 18.2 Å². The predicted molar refractivity (Wildman–Crippen MR) is 61.1 cm³/mol. The Morgan fingerprint density at radius 2 is 2.47 bits per heavy atom. The molecule has 2 N–H and O–H groups in total. The van der Waals surface area contributed by atoms with Gasteiger partial charge in [-0.3, -0.25) is 4.79 Å². The molecule has 1 unspecified atom stereocenters. The first kappa shape index (κ1) is 11.7. The summed E-state index contributed by atoms with van der Waals surface area (Å²) in [6.07, 6.45) is -0.567. The van der Waals surface area contributed by atoms with Crippen molar-refractivity contribution < 1.29 is 19.4 Å². The Balaban J connectivity index is 1.97. The van der Waals surface area contributed by atoms with E-state index >= 15 is 0 Å². The first-order valence-corrected chi connectivity index (χ1v) is 5.55. The summed E-state index contributed by atoms with van der Waals surface area (Å²) in [7, 11) is 0. The topological polar surface area (TPSA) is 67.8 Å². The molecule has 0 saturated heterocycles. The Morgan fingerprint density at radius 3 is 3.24 bits per heavy atom. The SMILES string of the molecule is CCNC(=O)COc1ccc2c(c1)OCC2O. The summed E-state index contributed by atoms with van der Waals surface area (Å²) in [5.74, 6) is 1.02. The molecule has 1 aromatic carbocycles. The van der Waals surface area contributed by atoms with E-state index in [2.05, 4.69) is 5.32 Å². The summed E-state index contributed by atoms with van der Waals surface area (Å²) >= 11 is 0. The smallest absolute Gasteiger partial charge is 0.257 e. The maximum atomic E-state index is 11.2. The Bertz CT molecular complexity index is 419. The van der Waals surface area contributed by atoms with Crippen molar-refractivity contribution in [2.75, 3.05) is 19.8 Å². The van der Waals surface area contributed by atoms with Crippen molar-refractivity contribution in [1.29, 1.82) is 0 Å². The molecule has 1 aliphatic rings. The monoisotopic (exact) mass is 237 g/mol. The van der Waals surface area contributed by atoms with Gasteiger partial charge in [-0.2, -0.15) is 0 Å². The van der Waals surface area contributed by atoms with Crippen LogP contribution >= 0.6 is 0 Å². The highest BCUT2D eigenvalue weighted by molar-refractivity contribution is 5.77. The van der Waals surface area contributed by atoms with Crippen LogP contribution in [0.1, 0.15) is 18.6 Å². The number of fused-ring (bicyclic) bond motifs is 1. The highest BCUT2D eigenvalue weighted by atomic mass is 16.5. The standard InChI is InChI=1S/C12H15NO4/c1-2-13-12(15)7-16-8-3-4-9-10(14)6-17-11(9)5-8/h3-5,10,14H,2,6-7H2,1H3,(H,13,15). The van der Waals surface area contributed by atoms with Crippen LogP contribution in [0.2, 0.25) is 0 Å². The van der Waals surface area contributed by atoms with Gasteiger partial charge in [0.15, 0.2) is 6.61 Å². The second-order valence-corrected chi connectivity index (χ2v) is 3.77. The van der Waals surface area contributed by atoms with Crippen LogP contribution < -0.4 is 14.8 Å². The van der Waals surface area contributed by atoms with E-state index in [0.29, 0.717) is 18.0 Å². The highest BCUT2D eigenvalue weighted by Crippen LogP contribution is 2.34. The number of hydrogen-bond donors (Lipinski definition) is 2. The normalized spacial score (nSPS) is 17.2. The summed E-state index contributed by atoms with van der Waals surface area (Å²) in [5, 5.41) is 12.2. The largest absolute Gasteiger partial charge is 0.490 e. The molecule has 0 spiro atoms. The predicted octanol–water partition coefficient (Wildman–Crippen LogP) is 0.627. The molecule has 1 aromatic rings. The summed E-state index contributed by atoms with van der Waals surface area (Å²) in [4.78, 5) is 11.2. The van der Waals surface area contributed by atoms with Gasteiger partial charge >= 0.3 is 0 Å². The Labute approximate surface area is 99.3 Å². The molecule has 1 amide bonds. The van der Waals surface area contributed by atoms with Gasteiger partial charge in [0.25, 0.3) is 5.91 Å². The van der Waals surface area contributed by atoms with Gasteiger partial charge in [0.2, 0.25) is 0 Å². The van der Waals surface area contributed by atoms with Crippen LogP contribution in [0.5, 0.6) is 11.5 Å². The van der Waals surface area contributed by atoms with Crippen molar-refractivity contribution in [2.45, 2.75) is 13.0 Å². The van der Waals surface area contributed by atoms with Crippen molar-refractivity contribution in [3.05, 3.63) is 23.8 Å². The average Bonchev–Trinajstić information content (AvgIpc) is 2.69. The quantitative estimate of drug-likeness (QED) is 0.806. The van der Waals surface area contributed by atoms with E-state index in [4.69, 9.17) is 9.47 Å². The Hall–Kier alpha value is -1.75. The molecule has 1 aliphatic heterocycles. The van der Waals surface area contributed by atoms with Crippen molar-refractivity contribution in [3.8, 4) is 11.5 Å². The summed E-state index contributed by atoms with van der Waals surface area (Å²) in [6.45, 7) is 2.69. The number of hydrogen-bond acceptors (Lipinski definition) is 4. The third kappa shape index (κ3) is 2.68. The number of aliphatic hydroxyl groups is 1. The van der Waals surface area contributed by atoms with Crippen molar-refractivity contribution in [2.24, 2.45) is 0 Å². The van der Waals surface area contributed by atoms with Gasteiger partial charge in [-0.05, 0) is 19.1 Å². The van der Waals surface area contributed by atoms with Gasteiger partial charge in [-0.15, -0.1) is 0 Å². The molecule has 0 fully saturated rings. The average molecular weight is 237 g/mol. The molecule has 1 heterocycles. The van der Waals surface area contributed by atoms with Crippen LogP contribution in [0.15, 0.2) is 18.2 Å². The van der Waals surface area contributed by atoms with Crippen LogP contribution in [-0.4, -0.2) is 30.8 Å². The molecule has 0 aliphatic carbocycles. The molecule has 0 bridgehead atoms. The van der Waals surface area contributed by atoms with E-state index in [9.17, 15) is 9.90 Å². The van der Waals surface area contributed by atoms with Gasteiger partial charge in [-0.1, -0.05) is 0 Å². The number of nitrogens with one attached hydrogen (secondary N) is 1. The molecule has 0 saturated carbocycles. The van der Waals surface area contributed by atoms with Gasteiger partial charge in [0.05, 0.1) is 0 Å². The molecular formula is C12H15NO4. The number of ether oxygens (including phenoxy) is 2. The van der Waals surface area contributed by atoms with Crippen molar-refractivity contribution in [3.63, 3.8) is 0 Å². The lowest BCUT2D eigenvalue weighted by Gasteiger charge is -2.07. The van der Waals surface area contributed by atoms with E-state index in [-0.39, 0.29) is 19.1 Å². The lowest BCUT2D eigenvalue weighted by Crippen LogP contribution is -2.28. The second-order valence-electron chi connectivity index (χ2n) is 3.77. The van der Waals surface area contributed by atoms with E-state index < -0.39 is 6.10 Å². The van der Waals surface area contributed by atoms with Gasteiger partial charge in [-0.25, -0.2) is 0 Å². The summed E-state index contributed by atoms with van der Waals surface area (Å²) in [5.41, 5.74) is 0.760. The second kappa shape index (κ2) is 5.05. The molecule has 1 atom stereocenters. The first-order chi connectivity index (χ1) is 8.20. The minimum absolute atomic E-state index is 0.0187. The fourth-order valence-electron chi connectivity index (χ4n) is 1.66. The first-order valence-electron chi connectivity index (χ1n) is 5.55. The minimum atomic E-state index is -0.567. The Morgan fingerprint density at radius 1 is 1.65 bits per heavy atom. The molecule has 5 nitrogen and oxygen atoms in total. The molecule has 0 radical (unpaired) electrons. The van der Waals surface area contributed by atoms with E-state index in [1.165, 1.54) is 0 Å². The number of amides is 1. The zero-order valence-electron chi connectivity index (χ0n) is 9.60. The molecule has 17 heavy (non-hydrogen) atoms. The van der Waals surface area contributed by atoms with Crippen molar-refractivity contribution in [1.82, 2.24) is 5.32 Å². The van der Waals surface area contributed by atoms with Gasteiger partial charge in [0.1, 0.15) is 24.2 Å². The molecular weight excluding hydrogens is 222 g/mol. The molecule has 0 aromatic heterocycles. The summed E-state index contributed by atoms with van der Waals surface area (Å²) < 4.78 is 10.6. The van der Waals surface area contributed by atoms with E-state index in [1.807, 2.05) is 6.92 Å². The number of benzene rings is 1. The van der Waals surface area contributed by atoms with Crippen LogP contribution in [0.3, 0.4) is 0 Å². The Kier molecular flexibility index (Phi) is 3.49. The van der Waals surface area contributed by atoms with E-state index in [0.717, 1.165) is 5.56 Å². The fourth-order valence-corrected chi connectivity index (χ4v) is 1.66. The lowest BCUT2D eigenvalue weighted by atomic mass is 10.1. The number of likely N-dealkylation sites (N-methyl/N-ethyl adjacent to an activating group) is 1. The maximum absolute atomic E-state index is 11.2. The van der Waals surface area contributed by atoms with E-state index in [1.54, 1.807) is 18.2 Å². The fraction of sp³-hybridized carbons (Fsp3) is 0.417. The van der Waals surface area contributed by atoms with Crippen LogP contribution in [0, 0.1) is 0 Å². The lowest BCUT2D eigenvalue weighted by molar-refractivity contribution is -0.122. The zero-order valence-corrected chi connectivity index (χ0v) is 9.60. The van der Waals surface area contributed by atoms with Crippen molar-refractivity contribution >= 4 is 5.91 Å².